The van der Waals surface area contributed by atoms with Crippen molar-refractivity contribution in [2.45, 2.75) is 31.5 Å². The topological polar surface area (TPSA) is 65.5 Å². The normalized spacial score (nSPS) is 14.8. The number of halogens is 3. The highest BCUT2D eigenvalue weighted by atomic mass is 19.4. The number of piperidine rings is 1. The number of hydrogen-bond acceptors (Lipinski definition) is 4. The monoisotopic (exact) mass is 455 g/mol. The maximum absolute atomic E-state index is 13.0. The van der Waals surface area contributed by atoms with E-state index in [4.69, 9.17) is 0 Å². The third-order valence-electron chi connectivity index (χ3n) is 5.62. The van der Waals surface area contributed by atoms with E-state index in [-0.39, 0.29) is 12.0 Å². The van der Waals surface area contributed by atoms with Crippen molar-refractivity contribution in [3.63, 3.8) is 0 Å². The molecule has 2 N–H and O–H groups in total. The summed E-state index contributed by atoms with van der Waals surface area (Å²) >= 11 is 0. The molecule has 0 bridgehead atoms. The van der Waals surface area contributed by atoms with Crippen molar-refractivity contribution in [2.75, 3.05) is 18.4 Å². The third kappa shape index (κ3) is 5.90. The molecular weight excluding hydrogens is 431 g/mol. The number of benzene rings is 2. The van der Waals surface area contributed by atoms with Crippen LogP contribution in [0, 0.1) is 0 Å². The lowest BCUT2D eigenvalue weighted by molar-refractivity contribution is -0.137. The molecule has 172 valence electrons. The molecule has 1 aliphatic heterocycles. The molecule has 0 spiro atoms. The second kappa shape index (κ2) is 9.62. The molecule has 5 nitrogen and oxygen atoms in total. The quantitative estimate of drug-likeness (QED) is 0.566. The summed E-state index contributed by atoms with van der Waals surface area (Å²) in [7, 11) is 0. The minimum Gasteiger partial charge on any atom is -0.393 e. The van der Waals surface area contributed by atoms with E-state index in [1.54, 1.807) is 47.5 Å². The number of hydrogen-bond donors (Lipinski definition) is 2. The van der Waals surface area contributed by atoms with Crippen molar-refractivity contribution < 1.29 is 23.1 Å². The molecular formula is C25H24F3N3O2. The van der Waals surface area contributed by atoms with Crippen molar-refractivity contribution >= 4 is 17.4 Å². The van der Waals surface area contributed by atoms with E-state index in [1.165, 1.54) is 6.07 Å². The zero-order valence-corrected chi connectivity index (χ0v) is 17.8. The highest BCUT2D eigenvalue weighted by Crippen LogP contribution is 2.30. The molecule has 1 fully saturated rings. The number of aliphatic hydroxyl groups excluding tert-OH is 1. The van der Waals surface area contributed by atoms with Gasteiger partial charge in [0.15, 0.2) is 0 Å². The van der Waals surface area contributed by atoms with Crippen LogP contribution in [0.3, 0.4) is 0 Å². The molecule has 0 unspecified atom stereocenters. The number of anilines is 2. The van der Waals surface area contributed by atoms with Crippen LogP contribution in [0.1, 0.15) is 39.9 Å². The van der Waals surface area contributed by atoms with Crippen LogP contribution in [0.2, 0.25) is 0 Å². The minimum absolute atomic E-state index is 0.0863. The molecule has 33 heavy (non-hydrogen) atoms. The SMILES string of the molecule is O=C(c1cccc(Nc2cc(Cc3cccc(C(F)(F)F)c3)ccn2)c1)N1CCC(O)CC1. The largest absolute Gasteiger partial charge is 0.416 e. The van der Waals surface area contributed by atoms with E-state index in [9.17, 15) is 23.1 Å². The first-order chi connectivity index (χ1) is 15.8. The molecule has 0 radical (unpaired) electrons. The molecule has 1 amide bonds. The first-order valence-electron chi connectivity index (χ1n) is 10.7. The van der Waals surface area contributed by atoms with E-state index in [0.717, 1.165) is 17.7 Å². The Morgan fingerprint density at radius 2 is 1.76 bits per heavy atom. The molecule has 1 saturated heterocycles. The zero-order chi connectivity index (χ0) is 23.4. The van der Waals surface area contributed by atoms with Crippen molar-refractivity contribution in [2.24, 2.45) is 0 Å². The van der Waals surface area contributed by atoms with Gasteiger partial charge in [-0.15, -0.1) is 0 Å². The number of carbonyl (C=O) groups excluding carboxylic acids is 1. The Morgan fingerprint density at radius 3 is 2.52 bits per heavy atom. The molecule has 1 aliphatic rings. The second-order valence-corrected chi connectivity index (χ2v) is 8.15. The number of likely N-dealkylation sites (tertiary alicyclic amines) is 1. The van der Waals surface area contributed by atoms with E-state index in [2.05, 4.69) is 10.3 Å². The molecule has 3 aromatic rings. The van der Waals surface area contributed by atoms with Crippen LogP contribution in [0.4, 0.5) is 24.7 Å². The first-order valence-corrected chi connectivity index (χ1v) is 10.7. The van der Waals surface area contributed by atoms with Crippen LogP contribution in [0.5, 0.6) is 0 Å². The lowest BCUT2D eigenvalue weighted by Crippen LogP contribution is -2.40. The zero-order valence-electron chi connectivity index (χ0n) is 17.8. The summed E-state index contributed by atoms with van der Waals surface area (Å²) < 4.78 is 38.9. The highest BCUT2D eigenvalue weighted by Gasteiger charge is 2.30. The smallest absolute Gasteiger partial charge is 0.393 e. The maximum Gasteiger partial charge on any atom is 0.416 e. The minimum atomic E-state index is -4.38. The van der Waals surface area contributed by atoms with Gasteiger partial charge in [0.05, 0.1) is 11.7 Å². The van der Waals surface area contributed by atoms with Gasteiger partial charge in [0.25, 0.3) is 5.91 Å². The Kier molecular flexibility index (Phi) is 6.65. The lowest BCUT2D eigenvalue weighted by atomic mass is 10.0. The molecule has 0 aliphatic carbocycles. The summed E-state index contributed by atoms with van der Waals surface area (Å²) in [4.78, 5) is 18.8. The van der Waals surface area contributed by atoms with Crippen molar-refractivity contribution in [1.82, 2.24) is 9.88 Å². The van der Waals surface area contributed by atoms with Crippen molar-refractivity contribution in [1.29, 1.82) is 0 Å². The van der Waals surface area contributed by atoms with Crippen molar-refractivity contribution in [3.05, 3.63) is 89.1 Å². The van der Waals surface area contributed by atoms with Crippen LogP contribution < -0.4 is 5.32 Å². The van der Waals surface area contributed by atoms with Gasteiger partial charge in [-0.3, -0.25) is 4.79 Å². The summed E-state index contributed by atoms with van der Waals surface area (Å²) in [6, 6.07) is 15.9. The Hall–Kier alpha value is -3.39. The summed E-state index contributed by atoms with van der Waals surface area (Å²) in [5.41, 5.74) is 1.92. The van der Waals surface area contributed by atoms with Gasteiger partial charge in [-0.1, -0.05) is 24.3 Å². The Morgan fingerprint density at radius 1 is 1.03 bits per heavy atom. The van der Waals surface area contributed by atoms with Crippen LogP contribution in [0.15, 0.2) is 66.9 Å². The summed E-state index contributed by atoms with van der Waals surface area (Å²) in [5.74, 6) is 0.446. The average molecular weight is 455 g/mol. The molecule has 0 atom stereocenters. The third-order valence-corrected chi connectivity index (χ3v) is 5.62. The fourth-order valence-corrected chi connectivity index (χ4v) is 3.88. The van der Waals surface area contributed by atoms with Gasteiger partial charge >= 0.3 is 6.18 Å². The number of alkyl halides is 3. The fourth-order valence-electron chi connectivity index (χ4n) is 3.88. The molecule has 0 saturated carbocycles. The van der Waals surface area contributed by atoms with E-state index in [0.29, 0.717) is 55.0 Å². The predicted molar refractivity (Wildman–Crippen MR) is 119 cm³/mol. The van der Waals surface area contributed by atoms with E-state index >= 15 is 0 Å². The van der Waals surface area contributed by atoms with Crippen LogP contribution in [-0.2, 0) is 12.6 Å². The van der Waals surface area contributed by atoms with E-state index in [1.807, 2.05) is 6.07 Å². The Labute approximate surface area is 189 Å². The number of aromatic nitrogens is 1. The number of rotatable bonds is 5. The molecule has 2 aromatic carbocycles. The number of aliphatic hydroxyl groups is 1. The second-order valence-electron chi connectivity index (χ2n) is 8.15. The van der Waals surface area contributed by atoms with Crippen molar-refractivity contribution in [3.8, 4) is 0 Å². The average Bonchev–Trinajstić information content (AvgIpc) is 2.79. The Bertz CT molecular complexity index is 1130. The number of nitrogens with one attached hydrogen (secondary N) is 1. The Balaban J connectivity index is 1.46. The molecule has 4 rings (SSSR count). The van der Waals surface area contributed by atoms with Gasteiger partial charge in [0.1, 0.15) is 5.82 Å². The predicted octanol–water partition coefficient (Wildman–Crippen LogP) is 5.03. The summed E-state index contributed by atoms with van der Waals surface area (Å²) in [5, 5.41) is 12.8. The number of amides is 1. The maximum atomic E-state index is 13.0. The molecule has 8 heteroatoms. The summed E-state index contributed by atoms with van der Waals surface area (Å²) in [6.45, 7) is 1.05. The van der Waals surface area contributed by atoms with Gasteiger partial charge in [-0.05, 0) is 66.8 Å². The lowest BCUT2D eigenvalue weighted by Gasteiger charge is -2.29. The first kappa shape index (κ1) is 22.8. The number of nitrogens with zero attached hydrogens (tertiary/aromatic N) is 2. The van der Waals surface area contributed by atoms with Gasteiger partial charge in [-0.2, -0.15) is 13.2 Å². The van der Waals surface area contributed by atoms with Gasteiger partial charge < -0.3 is 15.3 Å². The van der Waals surface area contributed by atoms with Crippen LogP contribution >= 0.6 is 0 Å². The van der Waals surface area contributed by atoms with Gasteiger partial charge in [0.2, 0.25) is 0 Å². The molecule has 1 aromatic heterocycles. The number of carbonyl (C=O) groups is 1. The standard InChI is InChI=1S/C25H24F3N3O2/c26-25(27,28)20-5-1-3-17(14-20)13-18-7-10-29-23(15-18)30-21-6-2-4-19(16-21)24(33)31-11-8-22(32)9-12-31/h1-7,10,14-16,22,32H,8-9,11-13H2,(H,29,30). The van der Waals surface area contributed by atoms with Crippen LogP contribution in [-0.4, -0.2) is 40.1 Å². The molecule has 2 heterocycles. The highest BCUT2D eigenvalue weighted by molar-refractivity contribution is 5.95. The van der Waals surface area contributed by atoms with E-state index < -0.39 is 11.7 Å². The summed E-state index contributed by atoms with van der Waals surface area (Å²) in [6.07, 6.45) is -1.65. The number of pyridine rings is 1. The van der Waals surface area contributed by atoms with Gasteiger partial charge in [0, 0.05) is 30.5 Å². The van der Waals surface area contributed by atoms with Gasteiger partial charge in [-0.25, -0.2) is 4.98 Å². The fraction of sp³-hybridized carbons (Fsp3) is 0.280. The van der Waals surface area contributed by atoms with Crippen LogP contribution in [0.25, 0.3) is 0 Å².